The summed E-state index contributed by atoms with van der Waals surface area (Å²) in [4.78, 5) is 0. The lowest BCUT2D eigenvalue weighted by molar-refractivity contribution is 0.465. The molecule has 18 heavy (non-hydrogen) atoms. The van der Waals surface area contributed by atoms with Gasteiger partial charge in [-0.25, -0.2) is 0 Å². The van der Waals surface area contributed by atoms with E-state index in [4.69, 9.17) is 10.2 Å². The summed E-state index contributed by atoms with van der Waals surface area (Å²) in [5.41, 5.74) is 10.1. The summed E-state index contributed by atoms with van der Waals surface area (Å²) in [7, 11) is 0. The van der Waals surface area contributed by atoms with E-state index in [1.807, 2.05) is 19.1 Å². The lowest BCUT2D eigenvalue weighted by atomic mass is 9.94. The van der Waals surface area contributed by atoms with Crippen LogP contribution in [0.2, 0.25) is 0 Å². The van der Waals surface area contributed by atoms with Gasteiger partial charge in [0.15, 0.2) is 0 Å². The zero-order valence-electron chi connectivity index (χ0n) is 11.4. The summed E-state index contributed by atoms with van der Waals surface area (Å²) in [6.45, 7) is 6.26. The SMILES string of the molecule is CCc1ccc(CC)c(C(N)c2ccc(C)o2)c1. The maximum atomic E-state index is 6.34. The fourth-order valence-electron chi connectivity index (χ4n) is 2.25. The third-order valence-electron chi connectivity index (χ3n) is 3.40. The highest BCUT2D eigenvalue weighted by Gasteiger charge is 2.16. The molecule has 96 valence electrons. The Labute approximate surface area is 109 Å². The molecule has 2 N–H and O–H groups in total. The Hall–Kier alpha value is -1.54. The second-order valence-electron chi connectivity index (χ2n) is 4.67. The summed E-state index contributed by atoms with van der Waals surface area (Å²) in [5.74, 6) is 1.75. The van der Waals surface area contributed by atoms with Crippen LogP contribution in [0.25, 0.3) is 0 Å². The average molecular weight is 243 g/mol. The average Bonchev–Trinajstić information content (AvgIpc) is 2.83. The summed E-state index contributed by atoms with van der Waals surface area (Å²) in [5, 5.41) is 0. The highest BCUT2D eigenvalue weighted by Crippen LogP contribution is 2.26. The first kappa shape index (κ1) is 12.9. The molecule has 2 nitrogen and oxygen atoms in total. The maximum Gasteiger partial charge on any atom is 0.125 e. The van der Waals surface area contributed by atoms with Gasteiger partial charge in [0.25, 0.3) is 0 Å². The smallest absolute Gasteiger partial charge is 0.125 e. The molecule has 1 heterocycles. The largest absolute Gasteiger partial charge is 0.464 e. The van der Waals surface area contributed by atoms with Gasteiger partial charge in [-0.2, -0.15) is 0 Å². The van der Waals surface area contributed by atoms with Crippen molar-refractivity contribution < 1.29 is 4.42 Å². The highest BCUT2D eigenvalue weighted by molar-refractivity contribution is 5.38. The molecule has 0 aliphatic rings. The van der Waals surface area contributed by atoms with Crippen molar-refractivity contribution in [2.45, 2.75) is 39.7 Å². The highest BCUT2D eigenvalue weighted by atomic mass is 16.3. The predicted molar refractivity (Wildman–Crippen MR) is 74.7 cm³/mol. The normalized spacial score (nSPS) is 12.7. The molecular formula is C16H21NO. The number of hydrogen-bond acceptors (Lipinski definition) is 2. The van der Waals surface area contributed by atoms with E-state index in [2.05, 4.69) is 32.0 Å². The first-order chi connectivity index (χ1) is 8.65. The second kappa shape index (κ2) is 5.40. The second-order valence-corrected chi connectivity index (χ2v) is 4.67. The lowest BCUT2D eigenvalue weighted by Gasteiger charge is -2.15. The standard InChI is InChI=1S/C16H21NO/c1-4-12-7-8-13(5-2)14(10-12)16(17)15-9-6-11(3)18-15/h6-10,16H,4-5,17H2,1-3H3. The molecule has 0 bridgehead atoms. The number of hydrogen-bond donors (Lipinski definition) is 1. The van der Waals surface area contributed by atoms with Crippen LogP contribution < -0.4 is 5.73 Å². The molecule has 1 aromatic carbocycles. The van der Waals surface area contributed by atoms with Crippen LogP contribution in [0.1, 0.15) is 48.1 Å². The topological polar surface area (TPSA) is 39.2 Å². The van der Waals surface area contributed by atoms with Gasteiger partial charge in [0, 0.05) is 0 Å². The lowest BCUT2D eigenvalue weighted by Crippen LogP contribution is -2.13. The fraction of sp³-hybridized carbons (Fsp3) is 0.375. The number of rotatable bonds is 4. The van der Waals surface area contributed by atoms with Gasteiger partial charge in [0.2, 0.25) is 0 Å². The molecule has 0 aliphatic heterocycles. The molecule has 1 atom stereocenters. The minimum atomic E-state index is -0.167. The number of benzene rings is 1. The molecule has 1 unspecified atom stereocenters. The Kier molecular flexibility index (Phi) is 3.87. The molecule has 0 aliphatic carbocycles. The fourth-order valence-corrected chi connectivity index (χ4v) is 2.25. The predicted octanol–water partition coefficient (Wildman–Crippen LogP) is 3.76. The van der Waals surface area contributed by atoms with Crippen molar-refractivity contribution in [3.8, 4) is 0 Å². The van der Waals surface area contributed by atoms with Crippen molar-refractivity contribution in [1.29, 1.82) is 0 Å². The third-order valence-corrected chi connectivity index (χ3v) is 3.40. The monoisotopic (exact) mass is 243 g/mol. The zero-order valence-corrected chi connectivity index (χ0v) is 11.4. The van der Waals surface area contributed by atoms with Crippen molar-refractivity contribution >= 4 is 0 Å². The Bertz CT molecular complexity index is 528. The molecule has 2 rings (SSSR count). The van der Waals surface area contributed by atoms with E-state index in [0.29, 0.717) is 0 Å². The van der Waals surface area contributed by atoms with E-state index >= 15 is 0 Å². The van der Waals surface area contributed by atoms with Gasteiger partial charge in [0.1, 0.15) is 11.5 Å². The molecule has 1 aromatic heterocycles. The minimum Gasteiger partial charge on any atom is -0.464 e. The van der Waals surface area contributed by atoms with Crippen LogP contribution in [0.5, 0.6) is 0 Å². The zero-order chi connectivity index (χ0) is 13.1. The third kappa shape index (κ3) is 2.49. The van der Waals surface area contributed by atoms with Gasteiger partial charge >= 0.3 is 0 Å². The van der Waals surface area contributed by atoms with Crippen LogP contribution in [-0.2, 0) is 12.8 Å². The molecule has 0 saturated heterocycles. The molecule has 2 heteroatoms. The van der Waals surface area contributed by atoms with E-state index in [-0.39, 0.29) is 6.04 Å². The quantitative estimate of drug-likeness (QED) is 0.888. The van der Waals surface area contributed by atoms with E-state index in [9.17, 15) is 0 Å². The number of furan rings is 1. The Morgan fingerprint density at radius 1 is 1.11 bits per heavy atom. The summed E-state index contributed by atoms with van der Waals surface area (Å²) >= 11 is 0. The van der Waals surface area contributed by atoms with Crippen LogP contribution in [0, 0.1) is 6.92 Å². The molecule has 0 saturated carbocycles. The van der Waals surface area contributed by atoms with Crippen molar-refractivity contribution in [2.75, 3.05) is 0 Å². The van der Waals surface area contributed by atoms with E-state index in [1.165, 1.54) is 16.7 Å². The Morgan fingerprint density at radius 2 is 1.89 bits per heavy atom. The Morgan fingerprint density at radius 3 is 2.44 bits per heavy atom. The molecule has 0 spiro atoms. The summed E-state index contributed by atoms with van der Waals surface area (Å²) in [6, 6.07) is 10.3. The molecular weight excluding hydrogens is 222 g/mol. The van der Waals surface area contributed by atoms with Crippen molar-refractivity contribution in [1.82, 2.24) is 0 Å². The first-order valence-electron chi connectivity index (χ1n) is 6.59. The first-order valence-corrected chi connectivity index (χ1v) is 6.59. The van der Waals surface area contributed by atoms with Crippen LogP contribution >= 0.6 is 0 Å². The van der Waals surface area contributed by atoms with Crippen LogP contribution in [0.15, 0.2) is 34.7 Å². The summed E-state index contributed by atoms with van der Waals surface area (Å²) in [6.07, 6.45) is 2.02. The van der Waals surface area contributed by atoms with Crippen molar-refractivity contribution in [2.24, 2.45) is 5.73 Å². The number of nitrogens with two attached hydrogens (primary N) is 1. The molecule has 0 fully saturated rings. The number of aryl methyl sites for hydroxylation is 3. The van der Waals surface area contributed by atoms with Crippen LogP contribution in [-0.4, -0.2) is 0 Å². The van der Waals surface area contributed by atoms with Crippen molar-refractivity contribution in [3.63, 3.8) is 0 Å². The van der Waals surface area contributed by atoms with Gasteiger partial charge in [0.05, 0.1) is 6.04 Å². The van der Waals surface area contributed by atoms with Crippen molar-refractivity contribution in [3.05, 3.63) is 58.5 Å². The van der Waals surface area contributed by atoms with Gasteiger partial charge in [-0.05, 0) is 48.6 Å². The Balaban J connectivity index is 2.41. The van der Waals surface area contributed by atoms with Gasteiger partial charge in [-0.15, -0.1) is 0 Å². The minimum absolute atomic E-state index is 0.167. The maximum absolute atomic E-state index is 6.34. The van der Waals surface area contributed by atoms with E-state index in [1.54, 1.807) is 0 Å². The molecule has 0 amide bonds. The van der Waals surface area contributed by atoms with Gasteiger partial charge in [-0.1, -0.05) is 32.0 Å². The van der Waals surface area contributed by atoms with E-state index < -0.39 is 0 Å². The molecule has 2 aromatic rings. The summed E-state index contributed by atoms with van der Waals surface area (Å²) < 4.78 is 5.65. The molecule has 0 radical (unpaired) electrons. The van der Waals surface area contributed by atoms with Gasteiger partial charge in [-0.3, -0.25) is 0 Å². The van der Waals surface area contributed by atoms with Crippen LogP contribution in [0.3, 0.4) is 0 Å². The van der Waals surface area contributed by atoms with E-state index in [0.717, 1.165) is 24.4 Å². The van der Waals surface area contributed by atoms with Crippen LogP contribution in [0.4, 0.5) is 0 Å². The van der Waals surface area contributed by atoms with Gasteiger partial charge < -0.3 is 10.2 Å².